The lowest BCUT2D eigenvalue weighted by molar-refractivity contribution is -0.00144. The van der Waals surface area contributed by atoms with Gasteiger partial charge in [0.25, 0.3) is 0 Å². The number of hydrogen-bond donors (Lipinski definition) is 0. The largest absolute Gasteiger partial charge is 0.378 e. The third kappa shape index (κ3) is 1.40. The van der Waals surface area contributed by atoms with Crippen LogP contribution in [0.25, 0.3) is 0 Å². The van der Waals surface area contributed by atoms with Crippen LogP contribution in [0.1, 0.15) is 32.1 Å². The van der Waals surface area contributed by atoms with Crippen molar-refractivity contribution in [1.29, 1.82) is 0 Å². The molecule has 0 aromatic carbocycles. The van der Waals surface area contributed by atoms with E-state index in [-0.39, 0.29) is 5.60 Å². The fraction of sp³-hybridized carbons (Fsp3) is 0.778. The van der Waals surface area contributed by atoms with Crippen LogP contribution in [0.2, 0.25) is 0 Å². The van der Waals surface area contributed by atoms with Gasteiger partial charge in [-0.3, -0.25) is 0 Å². The quantitative estimate of drug-likeness (QED) is 0.547. The zero-order valence-electron chi connectivity index (χ0n) is 6.73. The summed E-state index contributed by atoms with van der Waals surface area (Å²) in [4.78, 5) is 0. The lowest BCUT2D eigenvalue weighted by Crippen LogP contribution is -2.26. The van der Waals surface area contributed by atoms with E-state index in [1.54, 1.807) is 0 Å². The van der Waals surface area contributed by atoms with Crippen LogP contribution in [0.15, 0.2) is 12.7 Å². The average molecular weight is 140 g/mol. The molecule has 0 aliphatic heterocycles. The molecule has 0 atom stereocenters. The molecular weight excluding hydrogens is 124 g/mol. The van der Waals surface area contributed by atoms with Crippen molar-refractivity contribution in [3.05, 3.63) is 12.7 Å². The first-order chi connectivity index (χ1) is 4.83. The first-order valence-corrected chi connectivity index (χ1v) is 3.99. The van der Waals surface area contributed by atoms with Gasteiger partial charge in [-0.2, -0.15) is 0 Å². The molecule has 1 fully saturated rings. The maximum atomic E-state index is 5.47. The molecule has 0 heterocycles. The van der Waals surface area contributed by atoms with E-state index >= 15 is 0 Å². The summed E-state index contributed by atoms with van der Waals surface area (Å²) in [7, 11) is 1.81. The Balaban J connectivity index is 2.48. The van der Waals surface area contributed by atoms with Crippen LogP contribution in [0.5, 0.6) is 0 Å². The molecule has 58 valence electrons. The van der Waals surface area contributed by atoms with Gasteiger partial charge in [0.2, 0.25) is 0 Å². The van der Waals surface area contributed by atoms with Gasteiger partial charge in [0.15, 0.2) is 0 Å². The van der Waals surface area contributed by atoms with Gasteiger partial charge in [0.05, 0.1) is 5.60 Å². The molecule has 0 spiro atoms. The van der Waals surface area contributed by atoms with E-state index in [4.69, 9.17) is 4.74 Å². The van der Waals surface area contributed by atoms with Crippen molar-refractivity contribution in [3.63, 3.8) is 0 Å². The third-order valence-corrected chi connectivity index (χ3v) is 2.46. The monoisotopic (exact) mass is 140 g/mol. The predicted molar refractivity (Wildman–Crippen MR) is 43.0 cm³/mol. The van der Waals surface area contributed by atoms with Crippen molar-refractivity contribution in [3.8, 4) is 0 Å². The molecule has 1 saturated carbocycles. The minimum absolute atomic E-state index is 0.168. The average Bonchev–Trinajstić information content (AvgIpc) is 2.39. The van der Waals surface area contributed by atoms with Gasteiger partial charge in [-0.1, -0.05) is 18.9 Å². The van der Waals surface area contributed by atoms with Crippen LogP contribution in [-0.2, 0) is 4.74 Å². The molecule has 1 aliphatic rings. The van der Waals surface area contributed by atoms with Gasteiger partial charge < -0.3 is 4.74 Å². The molecule has 0 unspecified atom stereocenters. The van der Waals surface area contributed by atoms with Crippen LogP contribution in [-0.4, -0.2) is 12.7 Å². The third-order valence-electron chi connectivity index (χ3n) is 2.46. The second-order valence-corrected chi connectivity index (χ2v) is 3.09. The Hall–Kier alpha value is -0.300. The summed E-state index contributed by atoms with van der Waals surface area (Å²) < 4.78 is 5.47. The van der Waals surface area contributed by atoms with Crippen LogP contribution in [0.4, 0.5) is 0 Å². The van der Waals surface area contributed by atoms with Crippen molar-refractivity contribution in [2.45, 2.75) is 37.7 Å². The molecule has 0 aromatic heterocycles. The summed E-state index contributed by atoms with van der Waals surface area (Å²) in [6, 6.07) is 0. The van der Waals surface area contributed by atoms with E-state index < -0.39 is 0 Å². The highest BCUT2D eigenvalue weighted by Crippen LogP contribution is 2.35. The molecule has 0 aromatic rings. The summed E-state index contributed by atoms with van der Waals surface area (Å²) in [5.74, 6) is 0. The van der Waals surface area contributed by atoms with Crippen molar-refractivity contribution >= 4 is 0 Å². The second kappa shape index (κ2) is 3.20. The lowest BCUT2D eigenvalue weighted by atomic mass is 9.98. The van der Waals surface area contributed by atoms with Gasteiger partial charge in [0.1, 0.15) is 0 Å². The van der Waals surface area contributed by atoms with Gasteiger partial charge in [-0.15, -0.1) is 6.58 Å². The van der Waals surface area contributed by atoms with E-state index in [2.05, 4.69) is 6.58 Å². The second-order valence-electron chi connectivity index (χ2n) is 3.09. The summed E-state index contributed by atoms with van der Waals surface area (Å²) in [6.45, 7) is 3.74. The standard InChI is InChI=1S/C9H16O/c1-3-6-9(10-2)7-4-5-8-9/h3H,1,4-8H2,2H3. The Bertz CT molecular complexity index is 112. The van der Waals surface area contributed by atoms with E-state index in [0.717, 1.165) is 6.42 Å². The first kappa shape index (κ1) is 7.80. The molecular formula is C9H16O. The predicted octanol–water partition coefficient (Wildman–Crippen LogP) is 2.52. The minimum Gasteiger partial charge on any atom is -0.378 e. The Morgan fingerprint density at radius 2 is 2.10 bits per heavy atom. The minimum atomic E-state index is 0.168. The zero-order valence-corrected chi connectivity index (χ0v) is 6.73. The topological polar surface area (TPSA) is 9.23 Å². The summed E-state index contributed by atoms with van der Waals surface area (Å²) in [6.07, 6.45) is 8.06. The summed E-state index contributed by atoms with van der Waals surface area (Å²) in [5, 5.41) is 0. The lowest BCUT2D eigenvalue weighted by Gasteiger charge is -2.25. The smallest absolute Gasteiger partial charge is 0.0712 e. The number of hydrogen-bond acceptors (Lipinski definition) is 1. The molecule has 1 rings (SSSR count). The van der Waals surface area contributed by atoms with Crippen LogP contribution >= 0.6 is 0 Å². The molecule has 0 saturated heterocycles. The number of ether oxygens (including phenoxy) is 1. The van der Waals surface area contributed by atoms with Crippen molar-refractivity contribution < 1.29 is 4.74 Å². The molecule has 10 heavy (non-hydrogen) atoms. The van der Waals surface area contributed by atoms with Gasteiger partial charge in [-0.05, 0) is 19.3 Å². The number of rotatable bonds is 3. The Morgan fingerprint density at radius 3 is 2.50 bits per heavy atom. The molecule has 0 N–H and O–H groups in total. The molecule has 1 nitrogen and oxygen atoms in total. The van der Waals surface area contributed by atoms with E-state index in [1.165, 1.54) is 25.7 Å². The fourth-order valence-electron chi connectivity index (χ4n) is 1.77. The maximum absolute atomic E-state index is 5.47. The van der Waals surface area contributed by atoms with E-state index in [0.29, 0.717) is 0 Å². The van der Waals surface area contributed by atoms with Crippen LogP contribution < -0.4 is 0 Å². The van der Waals surface area contributed by atoms with Crippen molar-refractivity contribution in [1.82, 2.24) is 0 Å². The van der Waals surface area contributed by atoms with E-state index in [9.17, 15) is 0 Å². The Kier molecular flexibility index (Phi) is 2.50. The highest BCUT2D eigenvalue weighted by atomic mass is 16.5. The fourth-order valence-corrected chi connectivity index (χ4v) is 1.77. The van der Waals surface area contributed by atoms with Crippen molar-refractivity contribution in [2.75, 3.05) is 7.11 Å². The Morgan fingerprint density at radius 1 is 1.50 bits per heavy atom. The molecule has 1 heteroatoms. The van der Waals surface area contributed by atoms with Gasteiger partial charge in [-0.25, -0.2) is 0 Å². The number of methoxy groups -OCH3 is 1. The zero-order chi connectivity index (χ0) is 7.45. The highest BCUT2D eigenvalue weighted by Gasteiger charge is 2.31. The summed E-state index contributed by atoms with van der Waals surface area (Å²) >= 11 is 0. The van der Waals surface area contributed by atoms with Gasteiger partial charge >= 0.3 is 0 Å². The normalized spacial score (nSPS) is 22.9. The molecule has 1 aliphatic carbocycles. The molecule has 0 amide bonds. The Labute approximate surface area is 63.1 Å². The summed E-state index contributed by atoms with van der Waals surface area (Å²) in [5.41, 5.74) is 0.168. The van der Waals surface area contributed by atoms with Crippen LogP contribution in [0.3, 0.4) is 0 Å². The molecule has 0 bridgehead atoms. The first-order valence-electron chi connectivity index (χ1n) is 3.99. The maximum Gasteiger partial charge on any atom is 0.0712 e. The van der Waals surface area contributed by atoms with Crippen LogP contribution in [0, 0.1) is 0 Å². The van der Waals surface area contributed by atoms with Gasteiger partial charge in [0, 0.05) is 7.11 Å². The van der Waals surface area contributed by atoms with Crippen molar-refractivity contribution in [2.24, 2.45) is 0 Å². The molecule has 0 radical (unpaired) electrons. The SMILES string of the molecule is C=CCC1(OC)CCCC1. The highest BCUT2D eigenvalue weighted by molar-refractivity contribution is 4.91. The van der Waals surface area contributed by atoms with E-state index in [1.807, 2.05) is 13.2 Å².